The summed E-state index contributed by atoms with van der Waals surface area (Å²) in [5, 5.41) is 3.58. The zero-order chi connectivity index (χ0) is 9.97. The lowest BCUT2D eigenvalue weighted by molar-refractivity contribution is 0.365. The maximum absolute atomic E-state index is 5.36. The number of furan rings is 1. The van der Waals surface area contributed by atoms with E-state index < -0.39 is 0 Å². The fourth-order valence-electron chi connectivity index (χ4n) is 2.04. The van der Waals surface area contributed by atoms with Crippen LogP contribution in [0, 0.1) is 0 Å². The Morgan fingerprint density at radius 3 is 3.07 bits per heavy atom. The molecule has 1 aromatic heterocycles. The number of likely N-dealkylation sites (tertiary alicyclic amines) is 1. The van der Waals surface area contributed by atoms with Crippen molar-refractivity contribution in [3.8, 4) is 0 Å². The summed E-state index contributed by atoms with van der Waals surface area (Å²) in [5.74, 6) is 1.03. The Labute approximate surface area is 85.1 Å². The standard InChI is InChI=1S/C11H18N2O/c1-9(11-4-3-7-14-11)12-10-5-6-13(2)8-10/h3-4,7,9-10,12H,5-6,8H2,1-2H3/t9-,10-/m1/s1. The second kappa shape index (κ2) is 4.15. The molecular formula is C11H18N2O. The van der Waals surface area contributed by atoms with Crippen LogP contribution < -0.4 is 5.32 Å². The maximum atomic E-state index is 5.36. The van der Waals surface area contributed by atoms with Crippen molar-refractivity contribution < 1.29 is 4.42 Å². The normalized spacial score (nSPS) is 25.4. The third-order valence-electron chi connectivity index (χ3n) is 2.85. The van der Waals surface area contributed by atoms with Gasteiger partial charge in [0.05, 0.1) is 12.3 Å². The SMILES string of the molecule is C[C@@H](N[C@@H]1CCN(C)C1)c1ccco1. The van der Waals surface area contributed by atoms with E-state index in [1.54, 1.807) is 6.26 Å². The second-order valence-electron chi connectivity index (χ2n) is 4.15. The summed E-state index contributed by atoms with van der Waals surface area (Å²) in [6.07, 6.45) is 2.97. The molecule has 0 bridgehead atoms. The number of hydrogen-bond acceptors (Lipinski definition) is 3. The lowest BCUT2D eigenvalue weighted by Gasteiger charge is -2.17. The first-order valence-corrected chi connectivity index (χ1v) is 5.23. The molecule has 0 radical (unpaired) electrons. The largest absolute Gasteiger partial charge is 0.468 e. The third-order valence-corrected chi connectivity index (χ3v) is 2.85. The van der Waals surface area contributed by atoms with E-state index in [-0.39, 0.29) is 0 Å². The highest BCUT2D eigenvalue weighted by Crippen LogP contribution is 2.16. The molecule has 0 spiro atoms. The number of rotatable bonds is 3. The summed E-state index contributed by atoms with van der Waals surface area (Å²) in [6.45, 7) is 4.49. The molecule has 0 aliphatic carbocycles. The lowest BCUT2D eigenvalue weighted by atomic mass is 10.2. The van der Waals surface area contributed by atoms with Crippen molar-refractivity contribution in [2.45, 2.75) is 25.4 Å². The summed E-state index contributed by atoms with van der Waals surface area (Å²) in [5.41, 5.74) is 0. The van der Waals surface area contributed by atoms with Gasteiger partial charge in [0.25, 0.3) is 0 Å². The minimum absolute atomic E-state index is 0.321. The average molecular weight is 194 g/mol. The predicted octanol–water partition coefficient (Wildman–Crippen LogP) is 1.63. The molecule has 0 unspecified atom stereocenters. The van der Waals surface area contributed by atoms with Gasteiger partial charge in [-0.3, -0.25) is 0 Å². The number of nitrogens with one attached hydrogen (secondary N) is 1. The molecule has 1 aromatic rings. The minimum Gasteiger partial charge on any atom is -0.468 e. The Morgan fingerprint density at radius 2 is 2.50 bits per heavy atom. The van der Waals surface area contributed by atoms with Crippen molar-refractivity contribution in [3.63, 3.8) is 0 Å². The molecule has 0 aromatic carbocycles. The molecule has 2 rings (SSSR count). The topological polar surface area (TPSA) is 28.4 Å². The van der Waals surface area contributed by atoms with Crippen molar-refractivity contribution in [1.82, 2.24) is 10.2 Å². The van der Waals surface area contributed by atoms with Crippen LogP contribution in [-0.4, -0.2) is 31.1 Å². The molecule has 2 atom stereocenters. The van der Waals surface area contributed by atoms with Crippen LogP contribution in [-0.2, 0) is 0 Å². The van der Waals surface area contributed by atoms with Gasteiger partial charge in [-0.1, -0.05) is 0 Å². The monoisotopic (exact) mass is 194 g/mol. The average Bonchev–Trinajstić information content (AvgIpc) is 2.75. The molecule has 78 valence electrons. The Balaban J connectivity index is 1.86. The van der Waals surface area contributed by atoms with Crippen LogP contribution in [0.5, 0.6) is 0 Å². The van der Waals surface area contributed by atoms with Crippen LogP contribution in [0.2, 0.25) is 0 Å². The van der Waals surface area contributed by atoms with Gasteiger partial charge in [-0.2, -0.15) is 0 Å². The smallest absolute Gasteiger partial charge is 0.120 e. The molecule has 1 saturated heterocycles. The van der Waals surface area contributed by atoms with Crippen molar-refractivity contribution in [3.05, 3.63) is 24.2 Å². The molecular weight excluding hydrogens is 176 g/mol. The van der Waals surface area contributed by atoms with Crippen molar-refractivity contribution >= 4 is 0 Å². The first-order valence-electron chi connectivity index (χ1n) is 5.23. The molecule has 3 heteroatoms. The van der Waals surface area contributed by atoms with Crippen molar-refractivity contribution in [1.29, 1.82) is 0 Å². The molecule has 3 nitrogen and oxygen atoms in total. The van der Waals surface area contributed by atoms with Crippen LogP contribution in [0.3, 0.4) is 0 Å². The van der Waals surface area contributed by atoms with E-state index in [9.17, 15) is 0 Å². The Kier molecular flexibility index (Phi) is 2.89. The van der Waals surface area contributed by atoms with E-state index in [2.05, 4.69) is 24.2 Å². The van der Waals surface area contributed by atoms with E-state index in [4.69, 9.17) is 4.42 Å². The highest BCUT2D eigenvalue weighted by atomic mass is 16.3. The Hall–Kier alpha value is -0.800. The molecule has 1 N–H and O–H groups in total. The van der Waals surface area contributed by atoms with E-state index in [0.29, 0.717) is 12.1 Å². The van der Waals surface area contributed by atoms with Gasteiger partial charge in [-0.25, -0.2) is 0 Å². The molecule has 1 fully saturated rings. The summed E-state index contributed by atoms with van der Waals surface area (Å²) in [7, 11) is 2.17. The Bertz CT molecular complexity index is 271. The zero-order valence-electron chi connectivity index (χ0n) is 8.86. The molecule has 14 heavy (non-hydrogen) atoms. The van der Waals surface area contributed by atoms with Crippen LogP contribution in [0.1, 0.15) is 25.1 Å². The summed E-state index contributed by atoms with van der Waals surface area (Å²) < 4.78 is 5.36. The number of hydrogen-bond donors (Lipinski definition) is 1. The second-order valence-corrected chi connectivity index (χ2v) is 4.15. The molecule has 1 aliphatic rings. The van der Waals surface area contributed by atoms with Gasteiger partial charge in [-0.05, 0) is 39.1 Å². The molecule has 0 amide bonds. The summed E-state index contributed by atoms with van der Waals surface area (Å²) >= 11 is 0. The predicted molar refractivity (Wildman–Crippen MR) is 56.2 cm³/mol. The fraction of sp³-hybridized carbons (Fsp3) is 0.636. The first kappa shape index (κ1) is 9.74. The molecule has 1 aliphatic heterocycles. The van der Waals surface area contributed by atoms with Crippen LogP contribution in [0.15, 0.2) is 22.8 Å². The van der Waals surface area contributed by atoms with Crippen LogP contribution >= 0.6 is 0 Å². The minimum atomic E-state index is 0.321. The Morgan fingerprint density at radius 1 is 1.64 bits per heavy atom. The van der Waals surface area contributed by atoms with E-state index in [1.807, 2.05) is 12.1 Å². The lowest BCUT2D eigenvalue weighted by Crippen LogP contribution is -2.33. The van der Waals surface area contributed by atoms with Gasteiger partial charge in [0.1, 0.15) is 5.76 Å². The third kappa shape index (κ3) is 2.16. The van der Waals surface area contributed by atoms with Gasteiger partial charge in [0.15, 0.2) is 0 Å². The first-order chi connectivity index (χ1) is 6.75. The van der Waals surface area contributed by atoms with E-state index in [0.717, 1.165) is 12.3 Å². The van der Waals surface area contributed by atoms with Gasteiger partial charge in [0.2, 0.25) is 0 Å². The van der Waals surface area contributed by atoms with Gasteiger partial charge in [0, 0.05) is 12.6 Å². The van der Waals surface area contributed by atoms with Crippen molar-refractivity contribution in [2.24, 2.45) is 0 Å². The van der Waals surface area contributed by atoms with Gasteiger partial charge >= 0.3 is 0 Å². The molecule has 0 saturated carbocycles. The number of likely N-dealkylation sites (N-methyl/N-ethyl adjacent to an activating group) is 1. The van der Waals surface area contributed by atoms with Crippen LogP contribution in [0.4, 0.5) is 0 Å². The highest BCUT2D eigenvalue weighted by molar-refractivity contribution is 5.03. The van der Waals surface area contributed by atoms with E-state index in [1.165, 1.54) is 13.0 Å². The van der Waals surface area contributed by atoms with E-state index >= 15 is 0 Å². The van der Waals surface area contributed by atoms with Gasteiger partial charge in [-0.15, -0.1) is 0 Å². The van der Waals surface area contributed by atoms with Crippen molar-refractivity contribution in [2.75, 3.05) is 20.1 Å². The summed E-state index contributed by atoms with van der Waals surface area (Å²) in [4.78, 5) is 2.35. The van der Waals surface area contributed by atoms with Crippen LogP contribution in [0.25, 0.3) is 0 Å². The maximum Gasteiger partial charge on any atom is 0.120 e. The quantitative estimate of drug-likeness (QED) is 0.793. The molecule has 2 heterocycles. The van der Waals surface area contributed by atoms with Gasteiger partial charge < -0.3 is 14.6 Å². The fourth-order valence-corrected chi connectivity index (χ4v) is 2.04. The highest BCUT2D eigenvalue weighted by Gasteiger charge is 2.21. The number of nitrogens with zero attached hydrogens (tertiary/aromatic N) is 1. The zero-order valence-corrected chi connectivity index (χ0v) is 8.86. The summed E-state index contributed by atoms with van der Waals surface area (Å²) in [6, 6.07) is 4.89.